The molecule has 1 aromatic carbocycles. The van der Waals surface area contributed by atoms with Crippen molar-refractivity contribution in [2.75, 3.05) is 11.9 Å². The van der Waals surface area contributed by atoms with Crippen LogP contribution in [0.1, 0.15) is 12.0 Å². The number of hydrogen-bond donors (Lipinski definition) is 1. The van der Waals surface area contributed by atoms with Crippen molar-refractivity contribution in [1.29, 1.82) is 0 Å². The Morgan fingerprint density at radius 1 is 1.33 bits per heavy atom. The summed E-state index contributed by atoms with van der Waals surface area (Å²) in [6, 6.07) is 8.42. The van der Waals surface area contributed by atoms with Crippen molar-refractivity contribution in [2.24, 2.45) is 5.16 Å². The van der Waals surface area contributed by atoms with E-state index >= 15 is 0 Å². The first-order chi connectivity index (χ1) is 11.8. The van der Waals surface area contributed by atoms with E-state index in [9.17, 15) is 4.39 Å². The highest BCUT2D eigenvalue weighted by atomic mass is 19.1. The fourth-order valence-corrected chi connectivity index (χ4v) is 2.51. The molecule has 1 aliphatic heterocycles. The molecule has 7 nitrogen and oxygen atoms in total. The first-order valence-corrected chi connectivity index (χ1v) is 7.46. The van der Waals surface area contributed by atoms with Gasteiger partial charge in [-0.1, -0.05) is 16.4 Å². The first-order valence-electron chi connectivity index (χ1n) is 7.46. The van der Waals surface area contributed by atoms with Crippen molar-refractivity contribution >= 4 is 11.5 Å². The second-order valence-corrected chi connectivity index (χ2v) is 5.35. The van der Waals surface area contributed by atoms with Crippen molar-refractivity contribution in [3.05, 3.63) is 60.4 Å². The minimum atomic E-state index is -0.358. The Hall–Kier alpha value is -3.16. The maximum Gasteiger partial charge on any atom is 0.169 e. The van der Waals surface area contributed by atoms with Crippen LogP contribution in [-0.2, 0) is 4.84 Å². The number of oxime groups is 1. The van der Waals surface area contributed by atoms with Crippen LogP contribution in [0.5, 0.6) is 0 Å². The lowest BCUT2D eigenvalue weighted by Crippen LogP contribution is -2.20. The predicted octanol–water partition coefficient (Wildman–Crippen LogP) is 2.60. The Morgan fingerprint density at radius 2 is 2.29 bits per heavy atom. The van der Waals surface area contributed by atoms with Crippen LogP contribution in [0.3, 0.4) is 0 Å². The van der Waals surface area contributed by atoms with Crippen LogP contribution in [0.4, 0.5) is 10.2 Å². The van der Waals surface area contributed by atoms with Crippen LogP contribution in [0.2, 0.25) is 0 Å². The molecule has 1 unspecified atom stereocenters. The monoisotopic (exact) mass is 327 g/mol. The van der Waals surface area contributed by atoms with E-state index in [1.54, 1.807) is 30.6 Å². The van der Waals surface area contributed by atoms with Gasteiger partial charge in [-0.05, 0) is 18.2 Å². The highest BCUT2D eigenvalue weighted by molar-refractivity contribution is 6.01. The Balaban J connectivity index is 1.42. The van der Waals surface area contributed by atoms with Crippen molar-refractivity contribution in [1.82, 2.24) is 14.9 Å². The maximum atomic E-state index is 14.3. The molecule has 0 fully saturated rings. The molecule has 0 amide bonds. The summed E-state index contributed by atoms with van der Waals surface area (Å²) >= 11 is 0. The van der Waals surface area contributed by atoms with Gasteiger partial charge < -0.3 is 14.7 Å². The summed E-state index contributed by atoms with van der Waals surface area (Å²) in [6.07, 6.45) is 5.24. The van der Waals surface area contributed by atoms with Gasteiger partial charge in [0, 0.05) is 30.4 Å². The molecule has 0 bridgehead atoms. The van der Waals surface area contributed by atoms with E-state index in [0.29, 0.717) is 35.7 Å². The lowest BCUT2D eigenvalue weighted by atomic mass is 10.0. The lowest BCUT2D eigenvalue weighted by Gasteiger charge is -2.08. The Bertz CT molecular complexity index is 845. The smallest absolute Gasteiger partial charge is 0.169 e. The number of nitrogens with zero attached hydrogens (tertiary/aromatic N) is 4. The van der Waals surface area contributed by atoms with Gasteiger partial charge in [0.05, 0.1) is 12.3 Å². The minimum absolute atomic E-state index is 0.134. The molecular weight excluding hydrogens is 313 g/mol. The lowest BCUT2D eigenvalue weighted by molar-refractivity contribution is 0.0948. The molecule has 0 aliphatic carbocycles. The van der Waals surface area contributed by atoms with Gasteiger partial charge in [0.25, 0.3) is 0 Å². The molecule has 24 heavy (non-hydrogen) atoms. The zero-order valence-electron chi connectivity index (χ0n) is 12.6. The first kappa shape index (κ1) is 14.4. The molecule has 1 atom stereocenters. The standard InChI is InChI=1S/C16H14FN5O2/c17-13-8-11(2-3-15(13)22-6-1-5-19-22)14-9-12(24-20-14)10-18-16-4-7-23-21-16/h1-8,12H,9-10H2,(H,18,21). The summed E-state index contributed by atoms with van der Waals surface area (Å²) in [7, 11) is 0. The van der Waals surface area contributed by atoms with Gasteiger partial charge in [-0.25, -0.2) is 9.07 Å². The second-order valence-electron chi connectivity index (χ2n) is 5.35. The van der Waals surface area contributed by atoms with Gasteiger partial charge >= 0.3 is 0 Å². The zero-order chi connectivity index (χ0) is 16.4. The molecule has 0 saturated carbocycles. The largest absolute Gasteiger partial charge is 0.390 e. The quantitative estimate of drug-likeness (QED) is 0.779. The van der Waals surface area contributed by atoms with E-state index < -0.39 is 0 Å². The van der Waals surface area contributed by atoms with Gasteiger partial charge in [0.15, 0.2) is 5.82 Å². The molecule has 1 aliphatic rings. The van der Waals surface area contributed by atoms with Crippen molar-refractivity contribution in [2.45, 2.75) is 12.5 Å². The third-order valence-electron chi connectivity index (χ3n) is 3.71. The number of hydrogen-bond acceptors (Lipinski definition) is 6. The van der Waals surface area contributed by atoms with Crippen molar-refractivity contribution in [3.8, 4) is 5.69 Å². The van der Waals surface area contributed by atoms with Crippen LogP contribution in [0, 0.1) is 5.82 Å². The molecule has 3 aromatic rings. The van der Waals surface area contributed by atoms with Crippen LogP contribution in [-0.4, -0.2) is 33.3 Å². The second kappa shape index (κ2) is 6.15. The number of anilines is 1. The van der Waals surface area contributed by atoms with Gasteiger partial charge in [-0.3, -0.25) is 0 Å². The predicted molar refractivity (Wildman–Crippen MR) is 84.5 cm³/mol. The van der Waals surface area contributed by atoms with E-state index in [1.165, 1.54) is 17.0 Å². The molecule has 2 aromatic heterocycles. The van der Waals surface area contributed by atoms with E-state index in [0.717, 1.165) is 0 Å². The topological polar surface area (TPSA) is 77.5 Å². The average molecular weight is 327 g/mol. The highest BCUT2D eigenvalue weighted by Gasteiger charge is 2.23. The number of benzene rings is 1. The summed E-state index contributed by atoms with van der Waals surface area (Å²) in [5.41, 5.74) is 1.81. The minimum Gasteiger partial charge on any atom is -0.390 e. The normalized spacial score (nSPS) is 16.7. The molecule has 0 spiro atoms. The van der Waals surface area contributed by atoms with Gasteiger partial charge in [-0.15, -0.1) is 0 Å². The molecule has 122 valence electrons. The van der Waals surface area contributed by atoms with E-state index in [-0.39, 0.29) is 11.9 Å². The Labute approximate surface area is 136 Å². The van der Waals surface area contributed by atoms with Crippen LogP contribution in [0.25, 0.3) is 5.69 Å². The van der Waals surface area contributed by atoms with Crippen LogP contribution in [0.15, 0.2) is 58.7 Å². The van der Waals surface area contributed by atoms with Gasteiger partial charge in [-0.2, -0.15) is 5.10 Å². The average Bonchev–Trinajstić information content (AvgIpc) is 3.34. The van der Waals surface area contributed by atoms with Gasteiger partial charge in [0.2, 0.25) is 0 Å². The molecule has 1 N–H and O–H groups in total. The Kier molecular flexibility index (Phi) is 3.70. The fraction of sp³-hybridized carbons (Fsp3) is 0.188. The summed E-state index contributed by atoms with van der Waals surface area (Å²) in [5, 5.41) is 15.0. The molecule has 3 heterocycles. The highest BCUT2D eigenvalue weighted by Crippen LogP contribution is 2.21. The van der Waals surface area contributed by atoms with Crippen LogP contribution >= 0.6 is 0 Å². The summed E-state index contributed by atoms with van der Waals surface area (Å²) in [6.45, 7) is 0.535. The number of aromatic nitrogens is 3. The number of nitrogens with one attached hydrogen (secondary N) is 1. The summed E-state index contributed by atoms with van der Waals surface area (Å²) < 4.78 is 20.5. The van der Waals surface area contributed by atoms with Gasteiger partial charge in [0.1, 0.15) is 23.9 Å². The van der Waals surface area contributed by atoms with Crippen LogP contribution < -0.4 is 5.32 Å². The maximum absolute atomic E-state index is 14.3. The van der Waals surface area contributed by atoms with Crippen molar-refractivity contribution < 1.29 is 13.8 Å². The third-order valence-corrected chi connectivity index (χ3v) is 3.71. The third kappa shape index (κ3) is 2.85. The van der Waals surface area contributed by atoms with Crippen molar-refractivity contribution in [3.63, 3.8) is 0 Å². The Morgan fingerprint density at radius 3 is 3.04 bits per heavy atom. The number of rotatable bonds is 5. The molecule has 0 radical (unpaired) electrons. The molecular formula is C16H14FN5O2. The summed E-state index contributed by atoms with van der Waals surface area (Å²) in [5.74, 6) is 0.282. The van der Waals surface area contributed by atoms with E-state index in [4.69, 9.17) is 9.36 Å². The summed E-state index contributed by atoms with van der Waals surface area (Å²) in [4.78, 5) is 5.39. The van der Waals surface area contributed by atoms with E-state index in [1.807, 2.05) is 6.07 Å². The molecule has 8 heteroatoms. The SMILES string of the molecule is Fc1cc(C2=NOC(CNc3ccon3)C2)ccc1-n1cccn1. The molecule has 0 saturated heterocycles. The fourth-order valence-electron chi connectivity index (χ4n) is 2.51. The number of halogens is 1. The zero-order valence-corrected chi connectivity index (χ0v) is 12.6. The van der Waals surface area contributed by atoms with E-state index in [2.05, 4.69) is 20.7 Å². The molecule has 4 rings (SSSR count).